The van der Waals surface area contributed by atoms with E-state index in [1.807, 2.05) is 44.2 Å². The molecule has 1 unspecified atom stereocenters. The summed E-state index contributed by atoms with van der Waals surface area (Å²) in [6.45, 7) is 13.0. The summed E-state index contributed by atoms with van der Waals surface area (Å²) in [4.78, 5) is 30.6. The molecule has 2 aliphatic rings. The third-order valence-corrected chi connectivity index (χ3v) is 7.20. The van der Waals surface area contributed by atoms with Gasteiger partial charge in [0.2, 0.25) is 0 Å². The predicted octanol–water partition coefficient (Wildman–Crippen LogP) is 4.66. The second-order valence-corrected chi connectivity index (χ2v) is 10.0. The van der Waals surface area contributed by atoms with E-state index < -0.39 is 17.7 Å². The van der Waals surface area contributed by atoms with Crippen molar-refractivity contribution in [3.05, 3.63) is 70.3 Å². The number of likely N-dealkylation sites (tertiary alicyclic amines) is 1. The van der Waals surface area contributed by atoms with Gasteiger partial charge in [-0.25, -0.2) is 0 Å². The van der Waals surface area contributed by atoms with Crippen molar-refractivity contribution in [2.45, 2.75) is 46.1 Å². The van der Waals surface area contributed by atoms with E-state index in [9.17, 15) is 14.7 Å². The normalized spacial score (nSPS) is 20.1. The van der Waals surface area contributed by atoms with Gasteiger partial charge in [-0.3, -0.25) is 14.5 Å². The number of aryl methyl sites for hydroxylation is 1. The van der Waals surface area contributed by atoms with E-state index in [0.29, 0.717) is 43.6 Å². The summed E-state index contributed by atoms with van der Waals surface area (Å²) >= 11 is 0. The second-order valence-electron chi connectivity index (χ2n) is 10.0. The quantitative estimate of drug-likeness (QED) is 0.303. The van der Waals surface area contributed by atoms with Crippen LogP contribution >= 0.6 is 0 Å². The Morgan fingerprint density at radius 1 is 1.08 bits per heavy atom. The molecule has 4 rings (SSSR count). The van der Waals surface area contributed by atoms with E-state index in [0.717, 1.165) is 37.2 Å². The smallest absolute Gasteiger partial charge is 0.295 e. The molecule has 2 aromatic rings. The number of aliphatic hydroxyl groups is 1. The molecule has 2 aromatic carbocycles. The van der Waals surface area contributed by atoms with Gasteiger partial charge in [-0.15, -0.1) is 0 Å². The van der Waals surface area contributed by atoms with Crippen molar-refractivity contribution in [1.29, 1.82) is 0 Å². The highest BCUT2D eigenvalue weighted by atomic mass is 16.5. The van der Waals surface area contributed by atoms with Gasteiger partial charge in [-0.05, 0) is 61.1 Å². The molecule has 37 heavy (non-hydrogen) atoms. The molecule has 0 aromatic heterocycles. The molecule has 7 nitrogen and oxygen atoms in total. The molecule has 0 saturated carbocycles. The summed E-state index contributed by atoms with van der Waals surface area (Å²) in [5.74, 6) is -0.297. The Balaban J connectivity index is 1.70. The largest absolute Gasteiger partial charge is 0.507 e. The number of ether oxygens (including phenoxy) is 2. The van der Waals surface area contributed by atoms with Gasteiger partial charge in [0.1, 0.15) is 11.5 Å². The molecule has 198 valence electrons. The lowest BCUT2D eigenvalue weighted by molar-refractivity contribution is -0.140. The first-order valence-electron chi connectivity index (χ1n) is 13.2. The van der Waals surface area contributed by atoms with Crippen molar-refractivity contribution in [3.63, 3.8) is 0 Å². The van der Waals surface area contributed by atoms with Crippen LogP contribution in [0.25, 0.3) is 5.76 Å². The maximum atomic E-state index is 13.4. The number of amides is 1. The summed E-state index contributed by atoms with van der Waals surface area (Å²) in [7, 11) is 0. The van der Waals surface area contributed by atoms with Gasteiger partial charge in [0, 0.05) is 31.7 Å². The molecule has 1 N–H and O–H groups in total. The van der Waals surface area contributed by atoms with Crippen LogP contribution in [-0.2, 0) is 14.3 Å². The summed E-state index contributed by atoms with van der Waals surface area (Å²) in [5.41, 5.74) is 3.44. The van der Waals surface area contributed by atoms with Crippen molar-refractivity contribution in [2.24, 2.45) is 0 Å². The number of nitrogens with zero attached hydrogens (tertiary/aromatic N) is 2. The highest BCUT2D eigenvalue weighted by Crippen LogP contribution is 2.40. The lowest BCUT2D eigenvalue weighted by Gasteiger charge is -2.29. The molecule has 1 amide bonds. The Morgan fingerprint density at radius 3 is 2.41 bits per heavy atom. The van der Waals surface area contributed by atoms with E-state index in [4.69, 9.17) is 9.47 Å². The minimum atomic E-state index is -0.643. The van der Waals surface area contributed by atoms with Crippen molar-refractivity contribution in [1.82, 2.24) is 9.80 Å². The maximum absolute atomic E-state index is 13.4. The van der Waals surface area contributed by atoms with Crippen molar-refractivity contribution >= 4 is 17.4 Å². The number of rotatable bonds is 9. The highest BCUT2D eigenvalue weighted by Gasteiger charge is 2.46. The molecular formula is C30H38N2O5. The molecule has 0 radical (unpaired) electrons. The van der Waals surface area contributed by atoms with Crippen LogP contribution < -0.4 is 4.74 Å². The maximum Gasteiger partial charge on any atom is 0.295 e. The molecule has 2 aliphatic heterocycles. The highest BCUT2D eigenvalue weighted by molar-refractivity contribution is 6.46. The zero-order valence-electron chi connectivity index (χ0n) is 22.3. The number of hydrogen-bond acceptors (Lipinski definition) is 6. The number of carbonyl (C=O) groups is 2. The monoisotopic (exact) mass is 506 g/mol. The topological polar surface area (TPSA) is 79.3 Å². The third kappa shape index (κ3) is 5.89. The van der Waals surface area contributed by atoms with Crippen LogP contribution in [0.15, 0.2) is 48.0 Å². The predicted molar refractivity (Wildman–Crippen MR) is 144 cm³/mol. The van der Waals surface area contributed by atoms with Gasteiger partial charge < -0.3 is 19.5 Å². The van der Waals surface area contributed by atoms with Gasteiger partial charge in [-0.2, -0.15) is 0 Å². The van der Waals surface area contributed by atoms with E-state index in [1.54, 1.807) is 17.0 Å². The molecule has 2 heterocycles. The standard InChI is InChI=1S/C30H38N2O5/c1-5-37-24-11-12-25(21(4)19-24)28(33)26-27(23-9-7-22(8-10-23)20(2)3)32(30(35)29(26)34)14-6-13-31-15-17-36-18-16-31/h7-12,19-20,27,33H,5-6,13-18H2,1-4H3/b28-26+. The molecule has 0 bridgehead atoms. The zero-order valence-corrected chi connectivity index (χ0v) is 22.3. The minimum Gasteiger partial charge on any atom is -0.507 e. The fraction of sp³-hybridized carbons (Fsp3) is 0.467. The van der Waals surface area contributed by atoms with E-state index in [2.05, 4.69) is 18.7 Å². The van der Waals surface area contributed by atoms with Crippen LogP contribution in [0.2, 0.25) is 0 Å². The first-order chi connectivity index (χ1) is 17.8. The first-order valence-corrected chi connectivity index (χ1v) is 13.2. The Hall–Kier alpha value is -3.16. The van der Waals surface area contributed by atoms with Gasteiger partial charge in [0.25, 0.3) is 11.7 Å². The fourth-order valence-corrected chi connectivity index (χ4v) is 5.11. The summed E-state index contributed by atoms with van der Waals surface area (Å²) in [6.07, 6.45) is 0.732. The van der Waals surface area contributed by atoms with E-state index >= 15 is 0 Å². The number of hydrogen-bond donors (Lipinski definition) is 1. The summed E-state index contributed by atoms with van der Waals surface area (Å²) < 4.78 is 11.0. The van der Waals surface area contributed by atoms with E-state index in [-0.39, 0.29) is 11.3 Å². The molecule has 0 aliphatic carbocycles. The number of ketones is 1. The van der Waals surface area contributed by atoms with Crippen LogP contribution in [0.1, 0.15) is 61.4 Å². The Kier molecular flexibility index (Phi) is 8.67. The average molecular weight is 507 g/mol. The zero-order chi connectivity index (χ0) is 26.5. The summed E-state index contributed by atoms with van der Waals surface area (Å²) in [6, 6.07) is 12.7. The fourth-order valence-electron chi connectivity index (χ4n) is 5.11. The van der Waals surface area contributed by atoms with Crippen molar-refractivity contribution < 1.29 is 24.2 Å². The lowest BCUT2D eigenvalue weighted by atomic mass is 9.92. The van der Waals surface area contributed by atoms with Gasteiger partial charge in [0.05, 0.1) is 31.4 Å². The average Bonchev–Trinajstić information content (AvgIpc) is 3.14. The number of benzene rings is 2. The van der Waals surface area contributed by atoms with Crippen molar-refractivity contribution in [3.8, 4) is 5.75 Å². The SMILES string of the molecule is CCOc1ccc(/C(O)=C2\C(=O)C(=O)N(CCCN3CCOCC3)C2c2ccc(C(C)C)cc2)c(C)c1. The van der Waals surface area contributed by atoms with Crippen LogP contribution in [0.3, 0.4) is 0 Å². The minimum absolute atomic E-state index is 0.140. The Morgan fingerprint density at radius 2 is 1.78 bits per heavy atom. The van der Waals surface area contributed by atoms with Crippen LogP contribution in [0.5, 0.6) is 5.75 Å². The Labute approximate surface area is 219 Å². The number of aliphatic hydroxyl groups excluding tert-OH is 1. The lowest BCUT2D eigenvalue weighted by Crippen LogP contribution is -2.38. The van der Waals surface area contributed by atoms with Gasteiger partial charge >= 0.3 is 0 Å². The van der Waals surface area contributed by atoms with Crippen LogP contribution in [0, 0.1) is 6.92 Å². The summed E-state index contributed by atoms with van der Waals surface area (Å²) in [5, 5.41) is 11.4. The molecular weight excluding hydrogens is 468 g/mol. The Bertz CT molecular complexity index is 1150. The van der Waals surface area contributed by atoms with Crippen molar-refractivity contribution in [2.75, 3.05) is 46.0 Å². The second kappa shape index (κ2) is 11.9. The molecule has 7 heteroatoms. The molecule has 1 atom stereocenters. The number of morpholine rings is 1. The third-order valence-electron chi connectivity index (χ3n) is 7.20. The number of Topliss-reactive ketones (excluding diaryl/α,β-unsaturated/α-hetero) is 1. The molecule has 0 spiro atoms. The first kappa shape index (κ1) is 26.9. The van der Waals surface area contributed by atoms with Gasteiger partial charge in [-0.1, -0.05) is 38.1 Å². The van der Waals surface area contributed by atoms with Crippen LogP contribution in [0.4, 0.5) is 0 Å². The molecule has 2 fully saturated rings. The number of carbonyl (C=O) groups excluding carboxylic acids is 2. The van der Waals surface area contributed by atoms with E-state index in [1.165, 1.54) is 5.56 Å². The molecule has 2 saturated heterocycles. The van der Waals surface area contributed by atoms with Crippen LogP contribution in [-0.4, -0.2) is 72.6 Å². The van der Waals surface area contributed by atoms with Gasteiger partial charge in [0.15, 0.2) is 0 Å².